The number of carbonyl (C=O) groups excluding carboxylic acids is 1. The Balaban J connectivity index is 1.28. The van der Waals surface area contributed by atoms with E-state index in [4.69, 9.17) is 15.2 Å². The highest BCUT2D eigenvalue weighted by atomic mass is 32.1. The molecule has 3 aromatic rings. The third-order valence-electron chi connectivity index (χ3n) is 5.98. The predicted octanol–water partition coefficient (Wildman–Crippen LogP) is 4.41. The van der Waals surface area contributed by atoms with Gasteiger partial charge in [0.25, 0.3) is 5.91 Å². The standard InChI is InChI=1S/C25H30N2O4S/c1-16(31-21-19-10-6-7-11-20(19)32-22(21)23(26)28)12-25(2)13-18(14-25)27-24(29)30-15-17-8-4-3-5-9-17/h3-11,16,18,24,27,29H,12-15H2,1-2H3,(H2,26,28). The molecule has 170 valence electrons. The van der Waals surface area contributed by atoms with Crippen LogP contribution in [0.3, 0.4) is 0 Å². The number of nitrogens with one attached hydrogen (secondary N) is 1. The number of amides is 1. The summed E-state index contributed by atoms with van der Waals surface area (Å²) in [5.74, 6) is 0.130. The van der Waals surface area contributed by atoms with Crippen LogP contribution in [0, 0.1) is 5.41 Å². The van der Waals surface area contributed by atoms with Crippen LogP contribution in [0.5, 0.6) is 5.75 Å². The molecule has 4 N–H and O–H groups in total. The summed E-state index contributed by atoms with van der Waals surface area (Å²) in [6, 6.07) is 17.8. The summed E-state index contributed by atoms with van der Waals surface area (Å²) in [7, 11) is 0. The van der Waals surface area contributed by atoms with Crippen molar-refractivity contribution in [3.63, 3.8) is 0 Å². The van der Waals surface area contributed by atoms with Gasteiger partial charge in [-0.2, -0.15) is 0 Å². The third-order valence-corrected chi connectivity index (χ3v) is 7.15. The first-order valence-electron chi connectivity index (χ1n) is 10.9. The van der Waals surface area contributed by atoms with E-state index >= 15 is 0 Å². The molecule has 0 saturated heterocycles. The minimum absolute atomic E-state index is 0.0729. The summed E-state index contributed by atoms with van der Waals surface area (Å²) in [6.45, 7) is 4.62. The molecule has 4 rings (SSSR count). The number of fused-ring (bicyclic) bond motifs is 1. The van der Waals surface area contributed by atoms with E-state index in [1.165, 1.54) is 11.3 Å². The second-order valence-electron chi connectivity index (χ2n) is 8.98. The zero-order chi connectivity index (χ0) is 22.7. The lowest BCUT2D eigenvalue weighted by Crippen LogP contribution is -2.52. The van der Waals surface area contributed by atoms with Crippen LogP contribution in [0.2, 0.25) is 0 Å². The maximum Gasteiger partial charge on any atom is 0.262 e. The van der Waals surface area contributed by atoms with E-state index in [0.29, 0.717) is 17.2 Å². The molecule has 0 bridgehead atoms. The Labute approximate surface area is 192 Å². The van der Waals surface area contributed by atoms with E-state index in [-0.39, 0.29) is 17.6 Å². The zero-order valence-electron chi connectivity index (χ0n) is 18.4. The average Bonchev–Trinajstić information content (AvgIpc) is 3.10. The molecule has 0 radical (unpaired) electrons. The summed E-state index contributed by atoms with van der Waals surface area (Å²) in [5, 5.41) is 14.2. The average molecular weight is 455 g/mol. The topological polar surface area (TPSA) is 93.8 Å². The zero-order valence-corrected chi connectivity index (χ0v) is 19.2. The monoisotopic (exact) mass is 454 g/mol. The number of aliphatic hydroxyl groups excluding tert-OH is 1. The van der Waals surface area contributed by atoms with Gasteiger partial charge in [0.1, 0.15) is 4.88 Å². The number of primary amides is 1. The van der Waals surface area contributed by atoms with Crippen molar-refractivity contribution in [1.82, 2.24) is 5.32 Å². The Hall–Kier alpha value is -2.45. The minimum atomic E-state index is -0.992. The molecule has 1 fully saturated rings. The van der Waals surface area contributed by atoms with E-state index in [1.807, 2.05) is 61.5 Å². The first-order valence-corrected chi connectivity index (χ1v) is 11.7. The lowest BCUT2D eigenvalue weighted by molar-refractivity contribution is -0.146. The highest BCUT2D eigenvalue weighted by Crippen LogP contribution is 2.46. The van der Waals surface area contributed by atoms with Gasteiger partial charge in [-0.05, 0) is 49.3 Å². The molecule has 1 aliphatic rings. The number of nitrogens with two attached hydrogens (primary N) is 1. The summed E-state index contributed by atoms with van der Waals surface area (Å²) < 4.78 is 12.8. The van der Waals surface area contributed by atoms with Crippen molar-refractivity contribution in [1.29, 1.82) is 0 Å². The molecule has 2 atom stereocenters. The molecular formula is C25H30N2O4S. The van der Waals surface area contributed by atoms with E-state index in [2.05, 4.69) is 12.2 Å². The molecule has 1 aromatic heterocycles. The van der Waals surface area contributed by atoms with Gasteiger partial charge >= 0.3 is 0 Å². The number of carbonyl (C=O) groups is 1. The fourth-order valence-electron chi connectivity index (χ4n) is 4.65. The highest BCUT2D eigenvalue weighted by Gasteiger charge is 2.42. The van der Waals surface area contributed by atoms with Crippen molar-refractivity contribution in [2.75, 3.05) is 0 Å². The van der Waals surface area contributed by atoms with Gasteiger partial charge in [0, 0.05) is 16.1 Å². The van der Waals surface area contributed by atoms with Crippen molar-refractivity contribution in [3.05, 3.63) is 65.0 Å². The summed E-state index contributed by atoms with van der Waals surface area (Å²) in [6.07, 6.45) is 1.61. The van der Waals surface area contributed by atoms with Gasteiger partial charge in [0.15, 0.2) is 5.75 Å². The fraction of sp³-hybridized carbons (Fsp3) is 0.400. The predicted molar refractivity (Wildman–Crippen MR) is 127 cm³/mol. The Kier molecular flexibility index (Phi) is 6.81. The van der Waals surface area contributed by atoms with E-state index in [1.54, 1.807) is 0 Å². The molecule has 32 heavy (non-hydrogen) atoms. The molecule has 2 unspecified atom stereocenters. The number of benzene rings is 2. The van der Waals surface area contributed by atoms with Crippen LogP contribution >= 0.6 is 11.3 Å². The van der Waals surface area contributed by atoms with Gasteiger partial charge in [-0.25, -0.2) is 0 Å². The number of ether oxygens (including phenoxy) is 2. The van der Waals surface area contributed by atoms with Crippen LogP contribution in [0.1, 0.15) is 48.3 Å². The van der Waals surface area contributed by atoms with Crippen LogP contribution in [0.4, 0.5) is 0 Å². The van der Waals surface area contributed by atoms with Gasteiger partial charge in [-0.3, -0.25) is 10.1 Å². The highest BCUT2D eigenvalue weighted by molar-refractivity contribution is 7.21. The molecule has 0 spiro atoms. The normalized spacial score (nSPS) is 22.3. The lowest BCUT2D eigenvalue weighted by Gasteiger charge is -2.47. The maximum absolute atomic E-state index is 11.9. The van der Waals surface area contributed by atoms with Gasteiger partial charge in [0.2, 0.25) is 6.41 Å². The number of hydrogen-bond donors (Lipinski definition) is 3. The van der Waals surface area contributed by atoms with Crippen molar-refractivity contribution in [2.24, 2.45) is 11.1 Å². The van der Waals surface area contributed by atoms with Gasteiger partial charge in [-0.15, -0.1) is 11.3 Å². The Morgan fingerprint density at radius 1 is 1.22 bits per heavy atom. The molecule has 1 aliphatic carbocycles. The van der Waals surface area contributed by atoms with Crippen molar-refractivity contribution >= 4 is 27.3 Å². The van der Waals surface area contributed by atoms with Crippen LogP contribution in [0.25, 0.3) is 10.1 Å². The van der Waals surface area contributed by atoms with E-state index in [0.717, 1.165) is 34.9 Å². The first kappa shape index (κ1) is 22.7. The number of thiophene rings is 1. The summed E-state index contributed by atoms with van der Waals surface area (Å²) >= 11 is 1.37. The van der Waals surface area contributed by atoms with E-state index < -0.39 is 12.3 Å². The maximum atomic E-state index is 11.9. The summed E-state index contributed by atoms with van der Waals surface area (Å²) in [4.78, 5) is 12.4. The van der Waals surface area contributed by atoms with Crippen LogP contribution in [-0.2, 0) is 11.3 Å². The Morgan fingerprint density at radius 2 is 1.91 bits per heavy atom. The van der Waals surface area contributed by atoms with Crippen LogP contribution in [-0.4, -0.2) is 29.6 Å². The lowest BCUT2D eigenvalue weighted by atomic mass is 9.64. The quantitative estimate of drug-likeness (QED) is 0.395. The molecule has 6 nitrogen and oxygen atoms in total. The van der Waals surface area contributed by atoms with Crippen molar-refractivity contribution in [2.45, 2.75) is 58.3 Å². The fourth-order valence-corrected chi connectivity index (χ4v) is 5.64. The molecule has 7 heteroatoms. The Bertz CT molecular complexity index is 1060. The summed E-state index contributed by atoms with van der Waals surface area (Å²) in [5.41, 5.74) is 6.71. The molecule has 1 heterocycles. The second-order valence-corrected chi connectivity index (χ2v) is 10.0. The smallest absolute Gasteiger partial charge is 0.262 e. The van der Waals surface area contributed by atoms with Gasteiger partial charge in [0.05, 0.1) is 12.7 Å². The molecular weight excluding hydrogens is 424 g/mol. The van der Waals surface area contributed by atoms with Crippen molar-refractivity contribution < 1.29 is 19.4 Å². The molecule has 1 amide bonds. The largest absolute Gasteiger partial charge is 0.488 e. The first-order chi connectivity index (χ1) is 15.3. The molecule has 1 saturated carbocycles. The van der Waals surface area contributed by atoms with Crippen LogP contribution < -0.4 is 15.8 Å². The van der Waals surface area contributed by atoms with E-state index in [9.17, 15) is 9.90 Å². The number of hydrogen-bond acceptors (Lipinski definition) is 6. The second kappa shape index (κ2) is 9.58. The Morgan fingerprint density at radius 3 is 2.62 bits per heavy atom. The van der Waals surface area contributed by atoms with Gasteiger partial charge < -0.3 is 20.3 Å². The van der Waals surface area contributed by atoms with Crippen molar-refractivity contribution in [3.8, 4) is 5.75 Å². The van der Waals surface area contributed by atoms with Crippen LogP contribution in [0.15, 0.2) is 54.6 Å². The number of aliphatic hydroxyl groups is 1. The molecule has 0 aliphatic heterocycles. The number of rotatable bonds is 10. The molecule has 2 aromatic carbocycles. The third kappa shape index (κ3) is 5.30. The minimum Gasteiger partial charge on any atom is -0.488 e. The van der Waals surface area contributed by atoms with Gasteiger partial charge in [-0.1, -0.05) is 49.4 Å². The SMILES string of the molecule is CC(CC1(C)CC(NC(O)OCc2ccccc2)C1)Oc1c(C(N)=O)sc2ccccc12.